The number of fused-ring (bicyclic) bond motifs is 2. The van der Waals surface area contributed by atoms with Crippen molar-refractivity contribution in [2.45, 2.75) is 63.8 Å². The number of aryl methyl sites for hydroxylation is 1. The number of methoxy groups -OCH3 is 1. The third kappa shape index (κ3) is 5.76. The van der Waals surface area contributed by atoms with E-state index in [1.165, 1.54) is 37.2 Å². The number of likely N-dealkylation sites (tertiary alicyclic amines) is 1. The summed E-state index contributed by atoms with van der Waals surface area (Å²) in [4.78, 5) is 14.7. The lowest BCUT2D eigenvalue weighted by molar-refractivity contribution is 0.252. The Labute approximate surface area is 230 Å². The van der Waals surface area contributed by atoms with Crippen molar-refractivity contribution in [1.82, 2.24) is 14.9 Å². The Balaban J connectivity index is 1.21. The second kappa shape index (κ2) is 11.9. The molecule has 8 heteroatoms. The largest absolute Gasteiger partial charge is 0.488 e. The monoisotopic (exact) mass is 533 g/mol. The van der Waals surface area contributed by atoms with Gasteiger partial charge in [-0.05, 0) is 88.6 Å². The van der Waals surface area contributed by atoms with E-state index in [1.54, 1.807) is 19.2 Å². The van der Waals surface area contributed by atoms with Crippen molar-refractivity contribution in [1.29, 1.82) is 0 Å². The minimum atomic E-state index is -0.150. The molecule has 2 fully saturated rings. The van der Waals surface area contributed by atoms with Crippen molar-refractivity contribution >= 4 is 22.4 Å². The predicted molar refractivity (Wildman–Crippen MR) is 154 cm³/mol. The Hall–Kier alpha value is -3.13. The highest BCUT2D eigenvalue weighted by atomic mass is 19.1. The first-order valence-corrected chi connectivity index (χ1v) is 14.7. The number of piperidine rings is 1. The molecule has 39 heavy (non-hydrogen) atoms. The van der Waals surface area contributed by atoms with Crippen LogP contribution >= 0.6 is 0 Å². The number of nitrogens with one attached hydrogen (secondary N) is 1. The van der Waals surface area contributed by atoms with E-state index in [4.69, 9.17) is 19.4 Å². The number of aromatic nitrogens is 2. The summed E-state index contributed by atoms with van der Waals surface area (Å²) in [5.41, 5.74) is 5.97. The van der Waals surface area contributed by atoms with Gasteiger partial charge in [-0.1, -0.05) is 12.1 Å². The topological polar surface area (TPSA) is 62.8 Å². The van der Waals surface area contributed by atoms with Gasteiger partial charge >= 0.3 is 0 Å². The van der Waals surface area contributed by atoms with Gasteiger partial charge < -0.3 is 24.6 Å². The molecular weight excluding hydrogens is 493 g/mol. The van der Waals surface area contributed by atoms with Crippen LogP contribution < -0.4 is 19.7 Å². The van der Waals surface area contributed by atoms with Crippen LogP contribution in [0.2, 0.25) is 0 Å². The number of benzene rings is 1. The van der Waals surface area contributed by atoms with Crippen molar-refractivity contribution in [3.05, 3.63) is 47.4 Å². The molecule has 0 unspecified atom stereocenters. The number of pyridine rings is 2. The molecule has 208 valence electrons. The molecule has 0 bridgehead atoms. The number of nitrogens with zero attached hydrogens (tertiary/aromatic N) is 4. The molecule has 3 aromatic rings. The Bertz CT molecular complexity index is 1290. The number of rotatable bonds is 9. The molecule has 1 N–H and O–H groups in total. The highest BCUT2D eigenvalue weighted by Gasteiger charge is 2.26. The maximum absolute atomic E-state index is 14.4. The van der Waals surface area contributed by atoms with Crippen LogP contribution in [0.3, 0.4) is 0 Å². The van der Waals surface area contributed by atoms with Gasteiger partial charge in [0.1, 0.15) is 11.3 Å². The zero-order valence-electron chi connectivity index (χ0n) is 23.1. The summed E-state index contributed by atoms with van der Waals surface area (Å²) in [5.74, 6) is 1.03. The van der Waals surface area contributed by atoms with E-state index in [0.717, 1.165) is 81.3 Å². The number of hydrogen-bond donors (Lipinski definition) is 1. The number of halogens is 1. The molecule has 6 rings (SSSR count). The predicted octanol–water partition coefficient (Wildman–Crippen LogP) is 5.60. The number of hydrogen-bond acceptors (Lipinski definition) is 7. The molecule has 2 saturated heterocycles. The van der Waals surface area contributed by atoms with E-state index in [2.05, 4.69) is 15.1 Å². The zero-order chi connectivity index (χ0) is 26.6. The fourth-order valence-electron chi connectivity index (χ4n) is 6.37. The number of ether oxygens (including phenoxy) is 2. The van der Waals surface area contributed by atoms with Crippen LogP contribution in [0.15, 0.2) is 30.3 Å². The van der Waals surface area contributed by atoms with Gasteiger partial charge in [-0.25, -0.2) is 9.37 Å². The molecule has 1 aromatic carbocycles. The zero-order valence-corrected chi connectivity index (χ0v) is 23.1. The molecule has 0 saturated carbocycles. The third-order valence-electron chi connectivity index (χ3n) is 8.47. The highest BCUT2D eigenvalue weighted by molar-refractivity contribution is 5.91. The maximum atomic E-state index is 14.4. The lowest BCUT2D eigenvalue weighted by Gasteiger charge is -2.35. The summed E-state index contributed by atoms with van der Waals surface area (Å²) in [7, 11) is 1.66. The van der Waals surface area contributed by atoms with Gasteiger partial charge in [-0.3, -0.25) is 4.98 Å². The standard InChI is InChI=1S/C31H40FN5O2/c1-38-31-28(39-20-8-17-36-15-6-7-16-36)21-26-30(35-31)29(23-9-2-4-11-25(23)34-26)33-22-13-18-37(19-14-22)27-12-5-3-10-24(27)32/h3,5,10,12,21-22H,2,4,6-9,11,13-20H2,1H3,(H,33,34). The van der Waals surface area contributed by atoms with Crippen LogP contribution in [0.1, 0.15) is 56.2 Å². The van der Waals surface area contributed by atoms with Crippen molar-refractivity contribution in [2.24, 2.45) is 0 Å². The van der Waals surface area contributed by atoms with Gasteiger partial charge in [-0.2, -0.15) is 0 Å². The number of anilines is 2. The quantitative estimate of drug-likeness (QED) is 0.359. The van der Waals surface area contributed by atoms with E-state index >= 15 is 0 Å². The first kappa shape index (κ1) is 26.1. The van der Waals surface area contributed by atoms with Crippen LogP contribution in [-0.2, 0) is 12.8 Å². The Morgan fingerprint density at radius 2 is 1.79 bits per heavy atom. The molecular formula is C31H40FN5O2. The van der Waals surface area contributed by atoms with E-state index in [9.17, 15) is 4.39 Å². The lowest BCUT2D eigenvalue weighted by atomic mass is 9.93. The molecule has 0 atom stereocenters. The van der Waals surface area contributed by atoms with E-state index < -0.39 is 0 Å². The fourth-order valence-corrected chi connectivity index (χ4v) is 6.37. The van der Waals surface area contributed by atoms with Crippen molar-refractivity contribution in [3.8, 4) is 11.6 Å². The molecule has 2 aliphatic heterocycles. The Morgan fingerprint density at radius 1 is 1.00 bits per heavy atom. The van der Waals surface area contributed by atoms with E-state index in [1.807, 2.05) is 18.2 Å². The average Bonchev–Trinajstić information content (AvgIpc) is 3.49. The second-order valence-electron chi connectivity index (χ2n) is 11.1. The SMILES string of the molecule is COc1nc2c(NC3CCN(c4ccccc4F)CC3)c3c(nc2cc1OCCCN1CCCC1)CCCC3. The van der Waals surface area contributed by atoms with Crippen LogP contribution in [0, 0.1) is 5.82 Å². The summed E-state index contributed by atoms with van der Waals surface area (Å²) in [6.45, 7) is 5.74. The first-order chi connectivity index (χ1) is 19.2. The third-order valence-corrected chi connectivity index (χ3v) is 8.47. The minimum absolute atomic E-state index is 0.150. The fraction of sp³-hybridized carbons (Fsp3) is 0.548. The minimum Gasteiger partial charge on any atom is -0.488 e. The Morgan fingerprint density at radius 3 is 2.59 bits per heavy atom. The molecule has 2 aromatic heterocycles. The summed E-state index contributed by atoms with van der Waals surface area (Å²) in [5, 5.41) is 3.87. The molecule has 3 aliphatic rings. The van der Waals surface area contributed by atoms with Crippen LogP contribution in [0.25, 0.3) is 11.0 Å². The molecule has 0 amide bonds. The average molecular weight is 534 g/mol. The summed E-state index contributed by atoms with van der Waals surface area (Å²) >= 11 is 0. The second-order valence-corrected chi connectivity index (χ2v) is 11.1. The molecule has 7 nitrogen and oxygen atoms in total. The molecule has 0 spiro atoms. The van der Waals surface area contributed by atoms with Gasteiger partial charge in [-0.15, -0.1) is 0 Å². The smallest absolute Gasteiger partial charge is 0.257 e. The number of para-hydroxylation sites is 1. The summed E-state index contributed by atoms with van der Waals surface area (Å²) in [6.07, 6.45) is 9.78. The summed E-state index contributed by atoms with van der Waals surface area (Å²) in [6, 6.07) is 9.37. The van der Waals surface area contributed by atoms with Crippen molar-refractivity contribution in [3.63, 3.8) is 0 Å². The highest BCUT2D eigenvalue weighted by Crippen LogP contribution is 2.38. The normalized spacial score (nSPS) is 18.4. The van der Waals surface area contributed by atoms with Gasteiger partial charge in [0.15, 0.2) is 5.75 Å². The van der Waals surface area contributed by atoms with Gasteiger partial charge in [0.25, 0.3) is 5.88 Å². The molecule has 0 radical (unpaired) electrons. The van der Waals surface area contributed by atoms with Gasteiger partial charge in [0.2, 0.25) is 0 Å². The molecule has 1 aliphatic carbocycles. The van der Waals surface area contributed by atoms with Crippen LogP contribution in [0.4, 0.5) is 15.8 Å². The lowest BCUT2D eigenvalue weighted by Crippen LogP contribution is -2.39. The summed E-state index contributed by atoms with van der Waals surface area (Å²) < 4.78 is 26.2. The van der Waals surface area contributed by atoms with E-state index in [-0.39, 0.29) is 5.82 Å². The Kier molecular flexibility index (Phi) is 8.00. The van der Waals surface area contributed by atoms with Gasteiger partial charge in [0, 0.05) is 37.4 Å². The van der Waals surface area contributed by atoms with Crippen LogP contribution in [-0.4, -0.2) is 67.4 Å². The first-order valence-electron chi connectivity index (χ1n) is 14.7. The van der Waals surface area contributed by atoms with Crippen molar-refractivity contribution < 1.29 is 13.9 Å². The van der Waals surface area contributed by atoms with Crippen molar-refractivity contribution in [2.75, 3.05) is 56.7 Å². The van der Waals surface area contributed by atoms with Gasteiger partial charge in [0.05, 0.1) is 30.6 Å². The molecule has 4 heterocycles. The maximum Gasteiger partial charge on any atom is 0.257 e. The van der Waals surface area contributed by atoms with Crippen LogP contribution in [0.5, 0.6) is 11.6 Å². The van der Waals surface area contributed by atoms with E-state index in [0.29, 0.717) is 30.0 Å².